The number of hydrogen-bond acceptors (Lipinski definition) is 4. The number of nitrogens with one attached hydrogen (secondary N) is 1. The van der Waals surface area contributed by atoms with Crippen LogP contribution in [0.1, 0.15) is 5.76 Å². The third kappa shape index (κ3) is 1.65. The monoisotopic (exact) mass is 305 g/mol. The lowest BCUT2D eigenvalue weighted by atomic mass is 10.1. The van der Waals surface area contributed by atoms with E-state index in [0.717, 1.165) is 10.0 Å². The fourth-order valence-corrected chi connectivity index (χ4v) is 2.27. The highest BCUT2D eigenvalue weighted by Gasteiger charge is 2.15. The maximum Gasteiger partial charge on any atom is 0.294 e. The van der Waals surface area contributed by atoms with E-state index < -0.39 is 0 Å². The van der Waals surface area contributed by atoms with Gasteiger partial charge in [0, 0.05) is 10.0 Å². The van der Waals surface area contributed by atoms with Gasteiger partial charge in [0.2, 0.25) is 0 Å². The predicted molar refractivity (Wildman–Crippen MR) is 70.3 cm³/mol. The second kappa shape index (κ2) is 4.06. The molecule has 0 radical (unpaired) electrons. The highest BCUT2D eigenvalue weighted by atomic mass is 79.9. The minimum atomic E-state index is -0.347. The Hall–Kier alpha value is -1.95. The average molecular weight is 306 g/mol. The van der Waals surface area contributed by atoms with Gasteiger partial charge in [-0.2, -0.15) is 5.10 Å². The fourth-order valence-electron chi connectivity index (χ4n) is 1.87. The fraction of sp³-hybridized carbons (Fsp3) is 0.0833. The molecule has 1 N–H and O–H groups in total. The first kappa shape index (κ1) is 11.2. The van der Waals surface area contributed by atoms with Crippen molar-refractivity contribution in [3.63, 3.8) is 0 Å². The van der Waals surface area contributed by atoms with Crippen molar-refractivity contribution in [2.45, 2.75) is 6.92 Å². The molecule has 3 rings (SSSR count). The van der Waals surface area contributed by atoms with Crippen LogP contribution in [0.4, 0.5) is 0 Å². The molecule has 5 nitrogen and oxygen atoms in total. The van der Waals surface area contributed by atoms with Crippen LogP contribution in [0.5, 0.6) is 0 Å². The first-order valence-electron chi connectivity index (χ1n) is 5.27. The number of H-pyrrole nitrogens is 1. The van der Waals surface area contributed by atoms with Gasteiger partial charge in [0.1, 0.15) is 11.5 Å². The molecule has 0 unspecified atom stereocenters. The number of benzene rings is 1. The van der Waals surface area contributed by atoms with Crippen molar-refractivity contribution in [1.29, 1.82) is 0 Å². The van der Waals surface area contributed by atoms with Crippen molar-refractivity contribution in [3.05, 3.63) is 44.9 Å². The van der Waals surface area contributed by atoms with Crippen LogP contribution < -0.4 is 5.56 Å². The van der Waals surface area contributed by atoms with E-state index in [-0.39, 0.29) is 11.1 Å². The zero-order valence-corrected chi connectivity index (χ0v) is 11.0. The van der Waals surface area contributed by atoms with Gasteiger partial charge in [0.25, 0.3) is 5.56 Å². The molecule has 0 bridgehead atoms. The summed E-state index contributed by atoms with van der Waals surface area (Å²) in [6.07, 6.45) is 0. The normalized spacial score (nSPS) is 11.0. The lowest BCUT2D eigenvalue weighted by molar-refractivity contribution is 0.405. The van der Waals surface area contributed by atoms with Gasteiger partial charge in [0.15, 0.2) is 5.52 Å². The van der Waals surface area contributed by atoms with Crippen molar-refractivity contribution in [1.82, 2.24) is 15.4 Å². The quantitative estimate of drug-likeness (QED) is 0.750. The molecule has 0 fully saturated rings. The first-order valence-corrected chi connectivity index (χ1v) is 6.06. The highest BCUT2D eigenvalue weighted by molar-refractivity contribution is 9.10. The van der Waals surface area contributed by atoms with E-state index in [4.69, 9.17) is 4.52 Å². The number of aromatic nitrogens is 3. The van der Waals surface area contributed by atoms with Gasteiger partial charge in [-0.05, 0) is 19.1 Å². The SMILES string of the molecule is Cc1onc2c(=O)[nH]nc(-c3cccc(Br)c3)c12. The zero-order chi connectivity index (χ0) is 12.7. The van der Waals surface area contributed by atoms with Gasteiger partial charge in [-0.25, -0.2) is 5.10 Å². The molecule has 0 atom stereocenters. The van der Waals surface area contributed by atoms with E-state index in [2.05, 4.69) is 31.3 Å². The van der Waals surface area contributed by atoms with Crippen LogP contribution in [0.25, 0.3) is 22.2 Å². The largest absolute Gasteiger partial charge is 0.360 e. The molecule has 0 saturated carbocycles. The summed E-state index contributed by atoms with van der Waals surface area (Å²) in [5.41, 5.74) is 1.47. The van der Waals surface area contributed by atoms with E-state index in [0.29, 0.717) is 16.8 Å². The van der Waals surface area contributed by atoms with Gasteiger partial charge < -0.3 is 4.52 Å². The van der Waals surface area contributed by atoms with Gasteiger partial charge >= 0.3 is 0 Å². The van der Waals surface area contributed by atoms with Crippen LogP contribution in [0.2, 0.25) is 0 Å². The lowest BCUT2D eigenvalue weighted by Crippen LogP contribution is -2.09. The van der Waals surface area contributed by atoms with E-state index in [1.807, 2.05) is 24.3 Å². The number of nitrogens with zero attached hydrogens (tertiary/aromatic N) is 2. The maximum atomic E-state index is 11.6. The second-order valence-corrected chi connectivity index (χ2v) is 4.79. The van der Waals surface area contributed by atoms with Crippen molar-refractivity contribution in [3.8, 4) is 11.3 Å². The number of aromatic amines is 1. The standard InChI is InChI=1S/C12H8BrN3O2/c1-6-9-10(7-3-2-4-8(13)5-7)14-15-12(17)11(9)16-18-6/h2-5H,1H3,(H,15,17). The van der Waals surface area contributed by atoms with E-state index >= 15 is 0 Å². The summed E-state index contributed by atoms with van der Waals surface area (Å²) in [7, 11) is 0. The maximum absolute atomic E-state index is 11.6. The van der Waals surface area contributed by atoms with Crippen LogP contribution in [-0.4, -0.2) is 15.4 Å². The molecular weight excluding hydrogens is 298 g/mol. The predicted octanol–water partition coefficient (Wildman–Crippen LogP) is 2.65. The molecule has 2 heterocycles. The summed E-state index contributed by atoms with van der Waals surface area (Å²) in [4.78, 5) is 11.6. The van der Waals surface area contributed by atoms with Gasteiger partial charge in [-0.3, -0.25) is 4.79 Å². The van der Waals surface area contributed by atoms with Crippen LogP contribution in [0.15, 0.2) is 38.1 Å². The number of halogens is 1. The number of aryl methyl sites for hydroxylation is 1. The summed E-state index contributed by atoms with van der Waals surface area (Å²) in [5, 5.41) is 10.9. The minimum Gasteiger partial charge on any atom is -0.360 e. The average Bonchev–Trinajstić information content (AvgIpc) is 2.73. The van der Waals surface area contributed by atoms with Gasteiger partial charge in [0.05, 0.1) is 5.39 Å². The Morgan fingerprint density at radius 2 is 2.22 bits per heavy atom. The van der Waals surface area contributed by atoms with E-state index in [9.17, 15) is 4.79 Å². The molecule has 3 aromatic rings. The Morgan fingerprint density at radius 1 is 1.39 bits per heavy atom. The molecule has 0 aliphatic rings. The molecule has 0 aliphatic heterocycles. The number of rotatable bonds is 1. The molecule has 1 aromatic carbocycles. The summed E-state index contributed by atoms with van der Waals surface area (Å²) in [6, 6.07) is 7.66. The zero-order valence-electron chi connectivity index (χ0n) is 9.40. The topological polar surface area (TPSA) is 71.8 Å². The molecule has 18 heavy (non-hydrogen) atoms. The summed E-state index contributed by atoms with van der Waals surface area (Å²) < 4.78 is 6.01. The lowest BCUT2D eigenvalue weighted by Gasteiger charge is -2.02. The Labute approximate surface area is 110 Å². The third-order valence-corrected chi connectivity index (χ3v) is 3.18. The Bertz CT molecular complexity index is 791. The van der Waals surface area contributed by atoms with Crippen molar-refractivity contribution in [2.24, 2.45) is 0 Å². The highest BCUT2D eigenvalue weighted by Crippen LogP contribution is 2.28. The Balaban J connectivity index is 2.40. The van der Waals surface area contributed by atoms with Crippen LogP contribution in [0, 0.1) is 6.92 Å². The van der Waals surface area contributed by atoms with E-state index in [1.165, 1.54) is 0 Å². The molecule has 0 spiro atoms. The first-order chi connectivity index (χ1) is 8.66. The van der Waals surface area contributed by atoms with Crippen molar-refractivity contribution >= 4 is 26.8 Å². The molecule has 6 heteroatoms. The Morgan fingerprint density at radius 3 is 3.00 bits per heavy atom. The third-order valence-electron chi connectivity index (χ3n) is 2.68. The molecule has 2 aromatic heterocycles. The van der Waals surface area contributed by atoms with Crippen molar-refractivity contribution in [2.75, 3.05) is 0 Å². The van der Waals surface area contributed by atoms with Gasteiger partial charge in [-0.1, -0.05) is 33.2 Å². The molecule has 0 amide bonds. The molecular formula is C12H8BrN3O2. The number of hydrogen-bond donors (Lipinski definition) is 1. The number of fused-ring (bicyclic) bond motifs is 1. The molecule has 0 saturated heterocycles. The summed E-state index contributed by atoms with van der Waals surface area (Å²) in [6.45, 7) is 1.76. The Kier molecular flexibility index (Phi) is 2.52. The van der Waals surface area contributed by atoms with E-state index in [1.54, 1.807) is 6.92 Å². The van der Waals surface area contributed by atoms with Crippen LogP contribution >= 0.6 is 15.9 Å². The van der Waals surface area contributed by atoms with Crippen molar-refractivity contribution < 1.29 is 4.52 Å². The molecule has 0 aliphatic carbocycles. The minimum absolute atomic E-state index is 0.275. The van der Waals surface area contributed by atoms with Crippen LogP contribution in [0.3, 0.4) is 0 Å². The summed E-state index contributed by atoms with van der Waals surface area (Å²) in [5.74, 6) is 0.582. The summed E-state index contributed by atoms with van der Waals surface area (Å²) >= 11 is 3.41. The second-order valence-electron chi connectivity index (χ2n) is 3.87. The molecule has 90 valence electrons. The smallest absolute Gasteiger partial charge is 0.294 e. The van der Waals surface area contributed by atoms with Crippen LogP contribution in [-0.2, 0) is 0 Å². The van der Waals surface area contributed by atoms with Gasteiger partial charge in [-0.15, -0.1) is 0 Å².